The molecule has 0 bridgehead atoms. The maximum absolute atomic E-state index is 12.9. The van der Waals surface area contributed by atoms with Gasteiger partial charge in [-0.3, -0.25) is 9.59 Å². The van der Waals surface area contributed by atoms with Gasteiger partial charge in [-0.05, 0) is 52.7 Å². The first-order valence-corrected chi connectivity index (χ1v) is 8.14. The molecular weight excluding hydrogens is 342 g/mol. The summed E-state index contributed by atoms with van der Waals surface area (Å²) in [4.78, 5) is 27.5. The maximum Gasteiger partial charge on any atom is 0.211 e. The van der Waals surface area contributed by atoms with Crippen molar-refractivity contribution in [3.63, 3.8) is 0 Å². The van der Waals surface area contributed by atoms with Gasteiger partial charge in [0.05, 0.1) is 4.48 Å². The number of allylic oxidation sites excluding steroid dienone is 2. The van der Waals surface area contributed by atoms with E-state index >= 15 is 0 Å². The minimum atomic E-state index is -0.123. The van der Waals surface area contributed by atoms with E-state index in [0.29, 0.717) is 34.4 Å². The Labute approximate surface area is 137 Å². The van der Waals surface area contributed by atoms with Crippen molar-refractivity contribution in [3.05, 3.63) is 57.7 Å². The van der Waals surface area contributed by atoms with Gasteiger partial charge in [0.25, 0.3) is 0 Å². The highest BCUT2D eigenvalue weighted by atomic mass is 79.9. The SMILES string of the molecule is CCN(CC)C1=C(Br)C(=O)c2cc3ccccc3cc2C1=O. The summed E-state index contributed by atoms with van der Waals surface area (Å²) in [5.74, 6) is -0.210. The summed E-state index contributed by atoms with van der Waals surface area (Å²) in [6.07, 6.45) is 0. The number of hydrogen-bond acceptors (Lipinski definition) is 3. The fraction of sp³-hybridized carbons (Fsp3) is 0.222. The molecule has 4 heteroatoms. The van der Waals surface area contributed by atoms with Crippen LogP contribution < -0.4 is 0 Å². The third-order valence-corrected chi connectivity index (χ3v) is 4.81. The van der Waals surface area contributed by atoms with Crippen molar-refractivity contribution in [1.82, 2.24) is 4.90 Å². The van der Waals surface area contributed by atoms with Gasteiger partial charge in [-0.15, -0.1) is 0 Å². The van der Waals surface area contributed by atoms with Crippen LogP contribution in [0.3, 0.4) is 0 Å². The minimum Gasteiger partial charge on any atom is -0.368 e. The van der Waals surface area contributed by atoms with Gasteiger partial charge < -0.3 is 4.90 Å². The van der Waals surface area contributed by atoms with Crippen molar-refractivity contribution in [2.75, 3.05) is 13.1 Å². The second-order valence-electron chi connectivity index (χ2n) is 5.24. The summed E-state index contributed by atoms with van der Waals surface area (Å²) in [5.41, 5.74) is 1.44. The van der Waals surface area contributed by atoms with E-state index in [1.807, 2.05) is 55.1 Å². The van der Waals surface area contributed by atoms with E-state index in [1.54, 1.807) is 0 Å². The van der Waals surface area contributed by atoms with Crippen LogP contribution in [-0.2, 0) is 0 Å². The van der Waals surface area contributed by atoms with Gasteiger partial charge in [0.15, 0.2) is 0 Å². The Balaban J connectivity index is 2.24. The van der Waals surface area contributed by atoms with E-state index in [1.165, 1.54) is 0 Å². The Morgan fingerprint density at radius 2 is 1.41 bits per heavy atom. The Morgan fingerprint density at radius 1 is 0.909 bits per heavy atom. The van der Waals surface area contributed by atoms with Crippen LogP contribution in [-0.4, -0.2) is 29.6 Å². The molecule has 0 fully saturated rings. The van der Waals surface area contributed by atoms with E-state index in [9.17, 15) is 9.59 Å². The first kappa shape index (κ1) is 15.0. The van der Waals surface area contributed by atoms with Crippen LogP contribution in [0.1, 0.15) is 34.6 Å². The molecule has 0 aromatic heterocycles. The topological polar surface area (TPSA) is 37.4 Å². The van der Waals surface area contributed by atoms with Gasteiger partial charge in [0, 0.05) is 24.2 Å². The normalized spacial score (nSPS) is 14.5. The van der Waals surface area contributed by atoms with Gasteiger partial charge in [-0.25, -0.2) is 0 Å². The molecule has 0 saturated heterocycles. The zero-order chi connectivity index (χ0) is 15.9. The Hall–Kier alpha value is -1.94. The molecule has 3 nitrogen and oxygen atoms in total. The number of likely N-dealkylation sites (N-methyl/N-ethyl adjacent to an activating group) is 1. The van der Waals surface area contributed by atoms with Crippen LogP contribution in [0.4, 0.5) is 0 Å². The number of rotatable bonds is 3. The number of benzene rings is 2. The molecule has 0 radical (unpaired) electrons. The standard InChI is InChI=1S/C18H16BrNO2/c1-3-20(4-2)16-15(19)17(21)13-9-11-7-5-6-8-12(11)10-14(13)18(16)22/h5-10H,3-4H2,1-2H3. The summed E-state index contributed by atoms with van der Waals surface area (Å²) in [6.45, 7) is 5.32. The zero-order valence-electron chi connectivity index (χ0n) is 12.5. The lowest BCUT2D eigenvalue weighted by Gasteiger charge is -2.28. The molecule has 0 N–H and O–H groups in total. The predicted molar refractivity (Wildman–Crippen MR) is 91.5 cm³/mol. The van der Waals surface area contributed by atoms with Crippen LogP contribution >= 0.6 is 15.9 Å². The summed E-state index contributed by atoms with van der Waals surface area (Å²) in [5, 5.41) is 1.94. The quantitative estimate of drug-likeness (QED) is 0.827. The molecule has 112 valence electrons. The third-order valence-electron chi connectivity index (χ3n) is 4.08. The highest BCUT2D eigenvalue weighted by molar-refractivity contribution is 9.12. The van der Waals surface area contributed by atoms with Crippen molar-refractivity contribution in [3.8, 4) is 0 Å². The van der Waals surface area contributed by atoms with Gasteiger partial charge in [-0.1, -0.05) is 24.3 Å². The monoisotopic (exact) mass is 357 g/mol. The molecule has 0 atom stereocenters. The minimum absolute atomic E-state index is 0.0871. The lowest BCUT2D eigenvalue weighted by atomic mass is 9.89. The second kappa shape index (κ2) is 5.69. The summed E-state index contributed by atoms with van der Waals surface area (Å²) >= 11 is 3.34. The van der Waals surface area contributed by atoms with Gasteiger partial charge >= 0.3 is 0 Å². The fourth-order valence-corrected chi connectivity index (χ4v) is 3.54. The van der Waals surface area contributed by atoms with Crippen molar-refractivity contribution in [1.29, 1.82) is 0 Å². The molecule has 3 rings (SSSR count). The molecule has 2 aromatic rings. The maximum atomic E-state index is 12.9. The molecule has 2 aromatic carbocycles. The van der Waals surface area contributed by atoms with E-state index < -0.39 is 0 Å². The van der Waals surface area contributed by atoms with Gasteiger partial charge in [-0.2, -0.15) is 0 Å². The van der Waals surface area contributed by atoms with E-state index in [-0.39, 0.29) is 11.6 Å². The third kappa shape index (κ3) is 2.18. The first-order chi connectivity index (χ1) is 10.6. The number of nitrogens with zero attached hydrogens (tertiary/aromatic N) is 1. The molecule has 1 aliphatic rings. The number of halogens is 1. The van der Waals surface area contributed by atoms with Crippen LogP contribution in [0.5, 0.6) is 0 Å². The van der Waals surface area contributed by atoms with Crippen molar-refractivity contribution < 1.29 is 9.59 Å². The highest BCUT2D eigenvalue weighted by Gasteiger charge is 2.33. The molecule has 1 aliphatic carbocycles. The number of hydrogen-bond donors (Lipinski definition) is 0. The van der Waals surface area contributed by atoms with Crippen LogP contribution in [0.2, 0.25) is 0 Å². The average molecular weight is 358 g/mol. The molecule has 0 aliphatic heterocycles. The van der Waals surface area contributed by atoms with E-state index in [0.717, 1.165) is 10.8 Å². The van der Waals surface area contributed by atoms with Crippen LogP contribution in [0, 0.1) is 0 Å². The molecule has 0 unspecified atom stereocenters. The number of Topliss-reactive ketones (excluding diaryl/α,β-unsaturated/α-hetero) is 2. The van der Waals surface area contributed by atoms with Crippen LogP contribution in [0.25, 0.3) is 10.8 Å². The number of carbonyl (C=O) groups excluding carboxylic acids is 2. The number of ketones is 2. The predicted octanol–water partition coefficient (Wildman–Crippen LogP) is 4.17. The zero-order valence-corrected chi connectivity index (χ0v) is 14.1. The van der Waals surface area contributed by atoms with E-state index in [2.05, 4.69) is 15.9 Å². The van der Waals surface area contributed by atoms with Crippen molar-refractivity contribution in [2.45, 2.75) is 13.8 Å². The first-order valence-electron chi connectivity index (χ1n) is 7.35. The Bertz CT molecular complexity index is 819. The molecule has 22 heavy (non-hydrogen) atoms. The van der Waals surface area contributed by atoms with Crippen LogP contribution in [0.15, 0.2) is 46.6 Å². The summed E-state index contributed by atoms with van der Waals surface area (Å²) in [7, 11) is 0. The lowest BCUT2D eigenvalue weighted by molar-refractivity contribution is 0.0951. The summed E-state index contributed by atoms with van der Waals surface area (Å²) in [6, 6.07) is 11.4. The van der Waals surface area contributed by atoms with Crippen molar-refractivity contribution in [2.24, 2.45) is 0 Å². The van der Waals surface area contributed by atoms with E-state index in [4.69, 9.17) is 0 Å². The lowest BCUT2D eigenvalue weighted by Crippen LogP contribution is -2.33. The molecule has 0 spiro atoms. The Morgan fingerprint density at radius 3 is 1.91 bits per heavy atom. The average Bonchev–Trinajstić information content (AvgIpc) is 2.55. The number of fused-ring (bicyclic) bond motifs is 2. The molecule has 0 saturated carbocycles. The highest BCUT2D eigenvalue weighted by Crippen LogP contribution is 2.33. The largest absolute Gasteiger partial charge is 0.368 e. The second-order valence-corrected chi connectivity index (χ2v) is 6.03. The molecule has 0 heterocycles. The molecular formula is C18H16BrNO2. The van der Waals surface area contributed by atoms with Gasteiger partial charge in [0.2, 0.25) is 11.6 Å². The molecule has 0 amide bonds. The van der Waals surface area contributed by atoms with Gasteiger partial charge in [0.1, 0.15) is 5.70 Å². The van der Waals surface area contributed by atoms with Crippen molar-refractivity contribution >= 4 is 38.3 Å². The fourth-order valence-electron chi connectivity index (χ4n) is 2.89. The Kier molecular flexibility index (Phi) is 3.87. The number of carbonyl (C=O) groups is 2. The summed E-state index contributed by atoms with van der Waals surface area (Å²) < 4.78 is 0.365. The smallest absolute Gasteiger partial charge is 0.211 e.